The highest BCUT2D eigenvalue weighted by molar-refractivity contribution is 6.31. The number of hydrogen-bond acceptors (Lipinski definition) is 1. The molecule has 0 amide bonds. The molecule has 1 aromatic heterocycles. The number of halogens is 2. The van der Waals surface area contributed by atoms with Crippen LogP contribution in [-0.2, 0) is 7.05 Å². The van der Waals surface area contributed by atoms with Gasteiger partial charge in [0.15, 0.2) is 0 Å². The maximum atomic E-state index is 6.06. The zero-order valence-electron chi connectivity index (χ0n) is 9.69. The van der Waals surface area contributed by atoms with Crippen molar-refractivity contribution in [1.82, 2.24) is 9.78 Å². The van der Waals surface area contributed by atoms with Crippen LogP contribution in [0.15, 0.2) is 42.5 Å². The van der Waals surface area contributed by atoms with Crippen molar-refractivity contribution in [3.63, 3.8) is 0 Å². The van der Waals surface area contributed by atoms with Crippen LogP contribution in [0, 0.1) is 0 Å². The Morgan fingerprint density at radius 2 is 1.78 bits per heavy atom. The highest BCUT2D eigenvalue weighted by atomic mass is 35.5. The van der Waals surface area contributed by atoms with Crippen molar-refractivity contribution in [1.29, 1.82) is 0 Å². The molecule has 0 aliphatic rings. The summed E-state index contributed by atoms with van der Waals surface area (Å²) < 4.78 is 1.85. The van der Waals surface area contributed by atoms with Gasteiger partial charge in [0.25, 0.3) is 0 Å². The fraction of sp³-hybridized carbons (Fsp3) is 0.0714. The standard InChI is InChI=1S/C14H10Cl2N2/c1-18-13-6-5-11(16)8-12(13)14(17-18)9-3-2-4-10(15)7-9/h2-8H,1H3. The second kappa shape index (κ2) is 4.30. The third kappa shape index (κ3) is 1.88. The van der Waals surface area contributed by atoms with E-state index in [4.69, 9.17) is 23.2 Å². The average molecular weight is 277 g/mol. The van der Waals surface area contributed by atoms with Gasteiger partial charge in [-0.2, -0.15) is 5.10 Å². The van der Waals surface area contributed by atoms with E-state index in [9.17, 15) is 0 Å². The van der Waals surface area contributed by atoms with Crippen LogP contribution < -0.4 is 0 Å². The van der Waals surface area contributed by atoms with Crippen LogP contribution >= 0.6 is 23.2 Å². The molecule has 0 saturated heterocycles. The molecule has 3 aromatic rings. The minimum atomic E-state index is 0.702. The molecule has 0 fully saturated rings. The number of benzene rings is 2. The Morgan fingerprint density at radius 3 is 2.56 bits per heavy atom. The van der Waals surface area contributed by atoms with Gasteiger partial charge in [0.05, 0.1) is 5.52 Å². The minimum Gasteiger partial charge on any atom is -0.267 e. The van der Waals surface area contributed by atoms with Crippen LogP contribution in [0.25, 0.3) is 22.2 Å². The van der Waals surface area contributed by atoms with Crippen molar-refractivity contribution in [3.8, 4) is 11.3 Å². The summed E-state index contributed by atoms with van der Waals surface area (Å²) in [6, 6.07) is 13.4. The molecule has 90 valence electrons. The summed E-state index contributed by atoms with van der Waals surface area (Å²) in [5, 5.41) is 6.99. The molecule has 0 atom stereocenters. The Balaban J connectivity index is 2.32. The lowest BCUT2D eigenvalue weighted by Crippen LogP contribution is -1.89. The molecule has 0 aliphatic carbocycles. The Kier molecular flexibility index (Phi) is 2.77. The van der Waals surface area contributed by atoms with E-state index in [2.05, 4.69) is 5.10 Å². The summed E-state index contributed by atoms with van der Waals surface area (Å²) in [4.78, 5) is 0. The second-order valence-corrected chi connectivity index (χ2v) is 5.02. The lowest BCUT2D eigenvalue weighted by atomic mass is 10.1. The van der Waals surface area contributed by atoms with Crippen LogP contribution in [0.2, 0.25) is 10.0 Å². The maximum Gasteiger partial charge on any atom is 0.100 e. The monoisotopic (exact) mass is 276 g/mol. The summed E-state index contributed by atoms with van der Waals surface area (Å²) in [5.74, 6) is 0. The lowest BCUT2D eigenvalue weighted by Gasteiger charge is -1.98. The average Bonchev–Trinajstić information content (AvgIpc) is 2.66. The van der Waals surface area contributed by atoms with Crippen LogP contribution in [0.4, 0.5) is 0 Å². The molecule has 1 heterocycles. The summed E-state index contributed by atoms with van der Waals surface area (Å²) in [6.45, 7) is 0. The molecule has 0 aliphatic heterocycles. The highest BCUT2D eigenvalue weighted by Gasteiger charge is 2.11. The minimum absolute atomic E-state index is 0.702. The number of nitrogens with zero attached hydrogens (tertiary/aromatic N) is 2. The first kappa shape index (κ1) is 11.6. The van der Waals surface area contributed by atoms with E-state index in [0.29, 0.717) is 10.0 Å². The van der Waals surface area contributed by atoms with E-state index < -0.39 is 0 Å². The van der Waals surface area contributed by atoms with Gasteiger partial charge in [0.2, 0.25) is 0 Å². The van der Waals surface area contributed by atoms with Gasteiger partial charge in [0.1, 0.15) is 5.69 Å². The first-order valence-electron chi connectivity index (χ1n) is 5.53. The van der Waals surface area contributed by atoms with Crippen LogP contribution in [0.5, 0.6) is 0 Å². The topological polar surface area (TPSA) is 17.8 Å². The third-order valence-corrected chi connectivity index (χ3v) is 3.38. The molecular formula is C14H10Cl2N2. The van der Waals surface area contributed by atoms with Crippen molar-refractivity contribution >= 4 is 34.1 Å². The van der Waals surface area contributed by atoms with Crippen LogP contribution in [0.3, 0.4) is 0 Å². The summed E-state index contributed by atoms with van der Waals surface area (Å²) in [6.07, 6.45) is 0. The zero-order valence-corrected chi connectivity index (χ0v) is 11.2. The predicted molar refractivity (Wildman–Crippen MR) is 76.2 cm³/mol. The van der Waals surface area contributed by atoms with Gasteiger partial charge in [-0.1, -0.05) is 35.3 Å². The van der Waals surface area contributed by atoms with Gasteiger partial charge in [0, 0.05) is 28.0 Å². The predicted octanol–water partition coefficient (Wildman–Crippen LogP) is 4.55. The van der Waals surface area contributed by atoms with E-state index in [1.165, 1.54) is 0 Å². The fourth-order valence-electron chi connectivity index (χ4n) is 2.09. The van der Waals surface area contributed by atoms with E-state index >= 15 is 0 Å². The quantitative estimate of drug-likeness (QED) is 0.638. The van der Waals surface area contributed by atoms with Gasteiger partial charge in [-0.25, -0.2) is 0 Å². The zero-order chi connectivity index (χ0) is 12.7. The smallest absolute Gasteiger partial charge is 0.100 e. The number of fused-ring (bicyclic) bond motifs is 1. The van der Waals surface area contributed by atoms with Gasteiger partial charge in [-0.15, -0.1) is 0 Å². The molecule has 0 spiro atoms. The molecule has 0 unspecified atom stereocenters. The van der Waals surface area contributed by atoms with E-state index in [1.54, 1.807) is 0 Å². The number of hydrogen-bond donors (Lipinski definition) is 0. The maximum absolute atomic E-state index is 6.06. The highest BCUT2D eigenvalue weighted by Crippen LogP contribution is 2.30. The molecule has 3 rings (SSSR count). The Labute approximate surface area is 115 Å². The van der Waals surface area contributed by atoms with Gasteiger partial charge < -0.3 is 0 Å². The van der Waals surface area contributed by atoms with Gasteiger partial charge >= 0.3 is 0 Å². The molecule has 0 radical (unpaired) electrons. The van der Waals surface area contributed by atoms with Crippen LogP contribution in [0.1, 0.15) is 0 Å². The van der Waals surface area contributed by atoms with E-state index in [-0.39, 0.29) is 0 Å². The molecule has 4 heteroatoms. The SMILES string of the molecule is Cn1nc(-c2cccc(Cl)c2)c2cc(Cl)ccc21. The van der Waals surface area contributed by atoms with Crippen molar-refractivity contribution in [3.05, 3.63) is 52.5 Å². The number of rotatable bonds is 1. The molecule has 0 saturated carbocycles. The van der Waals surface area contributed by atoms with Crippen molar-refractivity contribution in [2.75, 3.05) is 0 Å². The number of aryl methyl sites for hydroxylation is 1. The molecule has 2 nitrogen and oxygen atoms in total. The molecular weight excluding hydrogens is 267 g/mol. The normalized spacial score (nSPS) is 11.1. The first-order valence-corrected chi connectivity index (χ1v) is 6.29. The third-order valence-electron chi connectivity index (χ3n) is 2.91. The summed E-state index contributed by atoms with van der Waals surface area (Å²) in [5.41, 5.74) is 2.95. The Morgan fingerprint density at radius 1 is 1.00 bits per heavy atom. The summed E-state index contributed by atoms with van der Waals surface area (Å²) in [7, 11) is 1.92. The van der Waals surface area contributed by atoms with Crippen molar-refractivity contribution in [2.45, 2.75) is 0 Å². The van der Waals surface area contributed by atoms with E-state index in [1.807, 2.05) is 54.2 Å². The van der Waals surface area contributed by atoms with Gasteiger partial charge in [-0.05, 0) is 30.3 Å². The Bertz CT molecular complexity index is 732. The van der Waals surface area contributed by atoms with Crippen molar-refractivity contribution in [2.24, 2.45) is 7.05 Å². The first-order chi connectivity index (χ1) is 8.65. The second-order valence-electron chi connectivity index (χ2n) is 4.14. The molecule has 18 heavy (non-hydrogen) atoms. The molecule has 0 N–H and O–H groups in total. The molecule has 2 aromatic carbocycles. The van der Waals surface area contributed by atoms with E-state index in [0.717, 1.165) is 22.2 Å². The Hall–Kier alpha value is -1.51. The fourth-order valence-corrected chi connectivity index (χ4v) is 2.45. The van der Waals surface area contributed by atoms with Crippen molar-refractivity contribution < 1.29 is 0 Å². The summed E-state index contributed by atoms with van der Waals surface area (Å²) >= 11 is 12.1. The van der Waals surface area contributed by atoms with Gasteiger partial charge in [-0.3, -0.25) is 4.68 Å². The lowest BCUT2D eigenvalue weighted by molar-refractivity contribution is 0.800. The largest absolute Gasteiger partial charge is 0.267 e. The molecule has 0 bridgehead atoms. The van der Waals surface area contributed by atoms with Crippen LogP contribution in [-0.4, -0.2) is 9.78 Å². The number of aromatic nitrogens is 2.